The first-order chi connectivity index (χ1) is 14.2. The summed E-state index contributed by atoms with van der Waals surface area (Å²) in [7, 11) is 0. The lowest BCUT2D eigenvalue weighted by atomic mass is 10.1. The van der Waals surface area contributed by atoms with E-state index in [2.05, 4.69) is 52.5 Å². The zero-order valence-corrected chi connectivity index (χ0v) is 17.5. The molecule has 2 heterocycles. The number of hydrogen-bond donors (Lipinski definition) is 1. The van der Waals surface area contributed by atoms with Crippen LogP contribution in [-0.4, -0.2) is 21.6 Å². The molecule has 0 aliphatic carbocycles. The summed E-state index contributed by atoms with van der Waals surface area (Å²) in [5, 5.41) is 4.74. The molecule has 144 valence electrons. The molecule has 29 heavy (non-hydrogen) atoms. The maximum atomic E-state index is 12.1. The van der Waals surface area contributed by atoms with Crippen LogP contribution in [0, 0.1) is 6.92 Å². The number of nitrogens with zero attached hydrogens (tertiary/aromatic N) is 2. The van der Waals surface area contributed by atoms with Gasteiger partial charge < -0.3 is 5.32 Å². The maximum Gasteiger partial charge on any atom is 0.234 e. The predicted octanol–water partition coefficient (Wildman–Crippen LogP) is 5.90. The van der Waals surface area contributed by atoms with Crippen molar-refractivity contribution in [3.8, 4) is 0 Å². The van der Waals surface area contributed by atoms with Gasteiger partial charge in [-0.1, -0.05) is 48.2 Å². The number of nitrogens with one attached hydrogen (secondary N) is 1. The Hall–Kier alpha value is -2.96. The number of aromatic nitrogens is 2. The molecule has 0 spiro atoms. The Balaban J connectivity index is 1.41. The van der Waals surface area contributed by atoms with Crippen LogP contribution in [0.4, 0.5) is 5.69 Å². The number of amides is 1. The van der Waals surface area contributed by atoms with E-state index < -0.39 is 0 Å². The molecule has 0 bridgehead atoms. The third-order valence-electron chi connectivity index (χ3n) is 4.33. The van der Waals surface area contributed by atoms with Gasteiger partial charge in [0.1, 0.15) is 0 Å². The molecule has 0 aliphatic heterocycles. The second kappa shape index (κ2) is 9.03. The summed E-state index contributed by atoms with van der Waals surface area (Å²) in [5.74, 6) is 0.184. The number of aryl methyl sites for hydroxylation is 1. The number of rotatable bonds is 6. The highest BCUT2D eigenvalue weighted by Crippen LogP contribution is 2.31. The molecule has 0 unspecified atom stereocenters. The largest absolute Gasteiger partial charge is 0.325 e. The first-order valence-electron chi connectivity index (χ1n) is 9.16. The van der Waals surface area contributed by atoms with Gasteiger partial charge in [0.05, 0.1) is 11.4 Å². The number of benzene rings is 2. The molecular formula is C23H19N3OS2. The first kappa shape index (κ1) is 19.4. The van der Waals surface area contributed by atoms with Crippen LogP contribution in [0.3, 0.4) is 0 Å². The lowest BCUT2D eigenvalue weighted by molar-refractivity contribution is -0.113. The highest BCUT2D eigenvalue weighted by molar-refractivity contribution is 7.99. The molecular weight excluding hydrogens is 398 g/mol. The molecule has 6 heteroatoms. The topological polar surface area (TPSA) is 54.9 Å². The van der Waals surface area contributed by atoms with Gasteiger partial charge >= 0.3 is 0 Å². The van der Waals surface area contributed by atoms with Crippen LogP contribution in [-0.2, 0) is 4.79 Å². The molecule has 1 N–H and O–H groups in total. The van der Waals surface area contributed by atoms with E-state index in [4.69, 9.17) is 0 Å². The van der Waals surface area contributed by atoms with Crippen LogP contribution < -0.4 is 5.32 Å². The molecule has 4 aromatic rings. The minimum atomic E-state index is -0.0772. The zero-order chi connectivity index (χ0) is 20.1. The third-order valence-corrected chi connectivity index (χ3v) is 6.43. The summed E-state index contributed by atoms with van der Waals surface area (Å²) in [6, 6.07) is 19.7. The van der Waals surface area contributed by atoms with Crippen molar-refractivity contribution >= 4 is 56.9 Å². The number of carbonyl (C=O) groups is 1. The summed E-state index contributed by atoms with van der Waals surface area (Å²) in [4.78, 5) is 22.1. The first-order valence-corrected chi connectivity index (χ1v) is 11.0. The van der Waals surface area contributed by atoms with Crippen LogP contribution in [0.25, 0.3) is 22.2 Å². The lowest BCUT2D eigenvalue weighted by Gasteiger charge is -2.04. The van der Waals surface area contributed by atoms with Gasteiger partial charge in [-0.3, -0.25) is 4.79 Å². The SMILES string of the molecule is Cc1c(C=Cc2ccnc(SCC(=O)Nc3ccccc3)n2)sc2ccccc12. The van der Waals surface area contributed by atoms with Gasteiger partial charge in [-0.2, -0.15) is 0 Å². The molecule has 0 saturated heterocycles. The van der Waals surface area contributed by atoms with Crippen LogP contribution >= 0.6 is 23.1 Å². The molecule has 2 aromatic carbocycles. The Morgan fingerprint density at radius 1 is 1.07 bits per heavy atom. The van der Waals surface area contributed by atoms with Crippen molar-refractivity contribution < 1.29 is 4.79 Å². The Morgan fingerprint density at radius 3 is 2.69 bits per heavy atom. The second-order valence-electron chi connectivity index (χ2n) is 6.39. The highest BCUT2D eigenvalue weighted by Gasteiger charge is 2.07. The number of fused-ring (bicyclic) bond motifs is 1. The van der Waals surface area contributed by atoms with Gasteiger partial charge in [-0.15, -0.1) is 11.3 Å². The molecule has 0 aliphatic rings. The molecule has 4 nitrogen and oxygen atoms in total. The van der Waals surface area contributed by atoms with E-state index in [1.54, 1.807) is 17.5 Å². The van der Waals surface area contributed by atoms with E-state index in [0.717, 1.165) is 11.4 Å². The fourth-order valence-electron chi connectivity index (χ4n) is 2.88. The smallest absolute Gasteiger partial charge is 0.234 e. The third kappa shape index (κ3) is 4.91. The number of para-hydroxylation sites is 1. The number of hydrogen-bond acceptors (Lipinski definition) is 5. The zero-order valence-electron chi connectivity index (χ0n) is 15.8. The quantitative estimate of drug-likeness (QED) is 0.313. The van der Waals surface area contributed by atoms with E-state index in [0.29, 0.717) is 5.16 Å². The average molecular weight is 418 g/mol. The van der Waals surface area contributed by atoms with E-state index in [9.17, 15) is 4.79 Å². The van der Waals surface area contributed by atoms with Gasteiger partial charge in [-0.05, 0) is 54.3 Å². The van der Waals surface area contributed by atoms with Gasteiger partial charge in [0, 0.05) is 21.5 Å². The summed E-state index contributed by atoms with van der Waals surface area (Å²) in [6.07, 6.45) is 5.81. The number of anilines is 1. The molecule has 4 rings (SSSR count). The van der Waals surface area contributed by atoms with Crippen molar-refractivity contribution in [2.75, 3.05) is 11.1 Å². The lowest BCUT2D eigenvalue weighted by Crippen LogP contribution is -2.14. The van der Waals surface area contributed by atoms with Crippen molar-refractivity contribution in [2.24, 2.45) is 0 Å². The van der Waals surface area contributed by atoms with Crippen LogP contribution in [0.1, 0.15) is 16.1 Å². The van der Waals surface area contributed by atoms with E-state index in [1.807, 2.05) is 42.5 Å². The number of thiophene rings is 1. The predicted molar refractivity (Wildman–Crippen MR) is 123 cm³/mol. The molecule has 0 radical (unpaired) electrons. The second-order valence-corrected chi connectivity index (χ2v) is 8.41. The molecule has 1 amide bonds. The van der Waals surface area contributed by atoms with Crippen LogP contribution in [0.5, 0.6) is 0 Å². The molecule has 0 fully saturated rings. The van der Waals surface area contributed by atoms with Crippen molar-refractivity contribution in [2.45, 2.75) is 12.1 Å². The number of thioether (sulfide) groups is 1. The normalized spacial score (nSPS) is 11.2. The Bertz CT molecular complexity index is 1170. The Morgan fingerprint density at radius 2 is 1.86 bits per heavy atom. The fourth-order valence-corrected chi connectivity index (χ4v) is 4.63. The van der Waals surface area contributed by atoms with Crippen molar-refractivity contribution in [3.63, 3.8) is 0 Å². The minimum Gasteiger partial charge on any atom is -0.325 e. The Labute approximate surface area is 177 Å². The molecule has 0 saturated carbocycles. The molecule has 2 aromatic heterocycles. The van der Waals surface area contributed by atoms with Gasteiger partial charge in [0.2, 0.25) is 5.91 Å². The summed E-state index contributed by atoms with van der Waals surface area (Å²) >= 11 is 3.10. The van der Waals surface area contributed by atoms with Gasteiger partial charge in [0.25, 0.3) is 0 Å². The summed E-state index contributed by atoms with van der Waals surface area (Å²) < 4.78 is 1.29. The monoisotopic (exact) mass is 417 g/mol. The standard InChI is InChI=1S/C23H19N3OS2/c1-16-19-9-5-6-10-21(19)29-20(16)12-11-18-13-14-24-23(26-18)28-15-22(27)25-17-7-3-2-4-8-17/h2-14H,15H2,1H3,(H,25,27). The van der Waals surface area contributed by atoms with Crippen molar-refractivity contribution in [3.05, 3.63) is 83.0 Å². The van der Waals surface area contributed by atoms with Crippen LogP contribution in [0.2, 0.25) is 0 Å². The number of carbonyl (C=O) groups excluding carboxylic acids is 1. The van der Waals surface area contributed by atoms with E-state index in [1.165, 1.54) is 32.3 Å². The average Bonchev–Trinajstić information content (AvgIpc) is 3.08. The van der Waals surface area contributed by atoms with Crippen molar-refractivity contribution in [1.29, 1.82) is 0 Å². The fraction of sp³-hybridized carbons (Fsp3) is 0.0870. The molecule has 0 atom stereocenters. The minimum absolute atomic E-state index is 0.0772. The Kier molecular flexibility index (Phi) is 6.03. The van der Waals surface area contributed by atoms with Crippen LogP contribution in [0.15, 0.2) is 72.0 Å². The summed E-state index contributed by atoms with van der Waals surface area (Å²) in [6.45, 7) is 2.14. The van der Waals surface area contributed by atoms with Crippen molar-refractivity contribution in [1.82, 2.24) is 9.97 Å². The van der Waals surface area contributed by atoms with Gasteiger partial charge in [-0.25, -0.2) is 9.97 Å². The van der Waals surface area contributed by atoms with E-state index >= 15 is 0 Å². The van der Waals surface area contributed by atoms with E-state index in [-0.39, 0.29) is 11.7 Å². The summed E-state index contributed by atoms with van der Waals surface area (Å²) in [5.41, 5.74) is 2.89. The van der Waals surface area contributed by atoms with Gasteiger partial charge in [0.15, 0.2) is 5.16 Å². The maximum absolute atomic E-state index is 12.1. The highest BCUT2D eigenvalue weighted by atomic mass is 32.2.